The lowest BCUT2D eigenvalue weighted by Crippen LogP contribution is -2.03. The van der Waals surface area contributed by atoms with E-state index < -0.39 is 0 Å². The smallest absolute Gasteiger partial charge is 0.137 e. The number of hydrogen-bond donors (Lipinski definition) is 1. The second-order valence-corrected chi connectivity index (χ2v) is 5.97. The summed E-state index contributed by atoms with van der Waals surface area (Å²) in [6.45, 7) is 0.762. The van der Waals surface area contributed by atoms with Gasteiger partial charge in [-0.3, -0.25) is 0 Å². The summed E-state index contributed by atoms with van der Waals surface area (Å²) in [5, 5.41) is 4.37. The van der Waals surface area contributed by atoms with Gasteiger partial charge < -0.3 is 5.32 Å². The molecule has 0 aliphatic carbocycles. The van der Waals surface area contributed by atoms with E-state index in [1.807, 2.05) is 36.4 Å². The van der Waals surface area contributed by atoms with Crippen LogP contribution in [0.15, 0.2) is 54.9 Å². The standard InChI is InChI=1S/C18H14IN3/c19-15-10-8-14(9-11-15)5-3-4-12-20-18-16-6-1-2-7-17(16)21-13-22-18/h1-2,6-11,13H,4,12H2,(H,20,21,22). The highest BCUT2D eigenvalue weighted by atomic mass is 127. The Morgan fingerprint density at radius 2 is 1.82 bits per heavy atom. The molecule has 0 spiro atoms. The predicted octanol–water partition coefficient (Wildman–Crippen LogP) is 4.09. The molecule has 4 heteroatoms. The van der Waals surface area contributed by atoms with Crippen LogP contribution in [0.1, 0.15) is 12.0 Å². The van der Waals surface area contributed by atoms with Crippen molar-refractivity contribution in [2.24, 2.45) is 0 Å². The largest absolute Gasteiger partial charge is 0.368 e. The van der Waals surface area contributed by atoms with E-state index in [2.05, 4.69) is 61.8 Å². The molecule has 1 N–H and O–H groups in total. The van der Waals surface area contributed by atoms with Crippen LogP contribution in [0.4, 0.5) is 5.82 Å². The lowest BCUT2D eigenvalue weighted by Gasteiger charge is -2.05. The van der Waals surface area contributed by atoms with Crippen LogP contribution in [0.5, 0.6) is 0 Å². The average molecular weight is 399 g/mol. The molecule has 0 saturated heterocycles. The van der Waals surface area contributed by atoms with Gasteiger partial charge in [0.15, 0.2) is 0 Å². The first-order valence-corrected chi connectivity index (χ1v) is 8.09. The third-order valence-corrected chi connectivity index (χ3v) is 3.88. The lowest BCUT2D eigenvalue weighted by molar-refractivity contribution is 1.07. The molecule has 0 saturated carbocycles. The molecule has 0 bridgehead atoms. The van der Waals surface area contributed by atoms with Crippen molar-refractivity contribution in [3.8, 4) is 11.8 Å². The first kappa shape index (κ1) is 14.8. The quantitative estimate of drug-likeness (QED) is 0.410. The number of benzene rings is 2. The zero-order valence-corrected chi connectivity index (χ0v) is 14.0. The number of aromatic nitrogens is 2. The number of nitrogens with one attached hydrogen (secondary N) is 1. The maximum Gasteiger partial charge on any atom is 0.137 e. The van der Waals surface area contributed by atoms with Crippen molar-refractivity contribution in [1.82, 2.24) is 9.97 Å². The number of fused-ring (bicyclic) bond motifs is 1. The van der Waals surface area contributed by atoms with Crippen LogP contribution in [0.25, 0.3) is 10.9 Å². The Kier molecular flexibility index (Phi) is 4.86. The molecule has 3 aromatic rings. The Morgan fingerprint density at radius 1 is 1.00 bits per heavy atom. The SMILES string of the molecule is Ic1ccc(C#CCCNc2ncnc3ccccc23)cc1. The summed E-state index contributed by atoms with van der Waals surface area (Å²) in [6, 6.07) is 16.2. The number of para-hydroxylation sites is 1. The van der Waals surface area contributed by atoms with E-state index in [4.69, 9.17) is 0 Å². The minimum atomic E-state index is 0.762. The molecule has 22 heavy (non-hydrogen) atoms. The molecule has 0 atom stereocenters. The average Bonchev–Trinajstić information content (AvgIpc) is 2.56. The van der Waals surface area contributed by atoms with Gasteiger partial charge >= 0.3 is 0 Å². The van der Waals surface area contributed by atoms with Crippen LogP contribution < -0.4 is 5.32 Å². The predicted molar refractivity (Wildman–Crippen MR) is 98.7 cm³/mol. The zero-order valence-electron chi connectivity index (χ0n) is 11.9. The van der Waals surface area contributed by atoms with Crippen molar-refractivity contribution in [2.75, 3.05) is 11.9 Å². The Hall–Kier alpha value is -2.13. The van der Waals surface area contributed by atoms with Gasteiger partial charge in [0.2, 0.25) is 0 Å². The van der Waals surface area contributed by atoms with Gasteiger partial charge in [-0.15, -0.1) is 0 Å². The fraction of sp³-hybridized carbons (Fsp3) is 0.111. The number of hydrogen-bond acceptors (Lipinski definition) is 3. The Labute approximate surface area is 143 Å². The minimum absolute atomic E-state index is 0.762. The van der Waals surface area contributed by atoms with E-state index in [0.717, 1.165) is 35.2 Å². The molecule has 0 fully saturated rings. The first-order valence-electron chi connectivity index (χ1n) is 7.01. The van der Waals surface area contributed by atoms with Crippen molar-refractivity contribution in [2.45, 2.75) is 6.42 Å². The third kappa shape index (κ3) is 3.74. The molecule has 108 valence electrons. The Balaban J connectivity index is 1.60. The van der Waals surface area contributed by atoms with Crippen molar-refractivity contribution in [3.05, 3.63) is 64.0 Å². The molecular formula is C18H14IN3. The van der Waals surface area contributed by atoms with Crippen molar-refractivity contribution >= 4 is 39.3 Å². The van der Waals surface area contributed by atoms with Gasteiger partial charge in [-0.25, -0.2) is 9.97 Å². The molecule has 0 radical (unpaired) electrons. The van der Waals surface area contributed by atoms with Crippen molar-refractivity contribution in [3.63, 3.8) is 0 Å². The van der Waals surface area contributed by atoms with E-state index in [-0.39, 0.29) is 0 Å². The number of halogens is 1. The van der Waals surface area contributed by atoms with E-state index in [9.17, 15) is 0 Å². The van der Waals surface area contributed by atoms with Crippen LogP contribution in [0.2, 0.25) is 0 Å². The highest BCUT2D eigenvalue weighted by Gasteiger charge is 2.00. The highest BCUT2D eigenvalue weighted by molar-refractivity contribution is 14.1. The van der Waals surface area contributed by atoms with Gasteiger partial charge in [0.25, 0.3) is 0 Å². The topological polar surface area (TPSA) is 37.8 Å². The summed E-state index contributed by atoms with van der Waals surface area (Å²) < 4.78 is 1.22. The van der Waals surface area contributed by atoms with Gasteiger partial charge in [0.05, 0.1) is 5.52 Å². The van der Waals surface area contributed by atoms with Gasteiger partial charge in [-0.1, -0.05) is 24.0 Å². The maximum absolute atomic E-state index is 4.30. The van der Waals surface area contributed by atoms with E-state index >= 15 is 0 Å². The van der Waals surface area contributed by atoms with Crippen molar-refractivity contribution in [1.29, 1.82) is 0 Å². The maximum atomic E-state index is 4.30. The summed E-state index contributed by atoms with van der Waals surface area (Å²) >= 11 is 2.29. The zero-order chi connectivity index (χ0) is 15.2. The van der Waals surface area contributed by atoms with Gasteiger partial charge in [-0.2, -0.15) is 0 Å². The fourth-order valence-corrected chi connectivity index (χ4v) is 2.45. The Bertz CT molecular complexity index is 827. The number of anilines is 1. The summed E-state index contributed by atoms with van der Waals surface area (Å²) in [4.78, 5) is 8.55. The van der Waals surface area contributed by atoms with Crippen LogP contribution in [-0.4, -0.2) is 16.5 Å². The second-order valence-electron chi connectivity index (χ2n) is 4.72. The molecular weight excluding hydrogens is 385 g/mol. The Morgan fingerprint density at radius 3 is 2.68 bits per heavy atom. The van der Waals surface area contributed by atoms with Crippen LogP contribution in [0.3, 0.4) is 0 Å². The molecule has 0 aliphatic rings. The molecule has 1 heterocycles. The lowest BCUT2D eigenvalue weighted by atomic mass is 10.2. The molecule has 2 aromatic carbocycles. The molecule has 0 unspecified atom stereocenters. The highest BCUT2D eigenvalue weighted by Crippen LogP contribution is 2.17. The van der Waals surface area contributed by atoms with Crippen LogP contribution in [-0.2, 0) is 0 Å². The van der Waals surface area contributed by atoms with Crippen molar-refractivity contribution < 1.29 is 0 Å². The van der Waals surface area contributed by atoms with Gasteiger partial charge in [0, 0.05) is 27.5 Å². The summed E-state index contributed by atoms with van der Waals surface area (Å²) in [6.07, 6.45) is 2.35. The fourth-order valence-electron chi connectivity index (χ4n) is 2.09. The molecule has 3 rings (SSSR count). The van der Waals surface area contributed by atoms with E-state index in [1.54, 1.807) is 6.33 Å². The minimum Gasteiger partial charge on any atom is -0.368 e. The van der Waals surface area contributed by atoms with E-state index in [0.29, 0.717) is 0 Å². The van der Waals surface area contributed by atoms with Crippen LogP contribution >= 0.6 is 22.6 Å². The van der Waals surface area contributed by atoms with Gasteiger partial charge in [-0.05, 0) is 59.0 Å². The normalized spacial score (nSPS) is 10.0. The number of rotatable bonds is 3. The van der Waals surface area contributed by atoms with E-state index in [1.165, 1.54) is 3.57 Å². The summed E-state index contributed by atoms with van der Waals surface area (Å²) in [7, 11) is 0. The van der Waals surface area contributed by atoms with Crippen LogP contribution in [0, 0.1) is 15.4 Å². The molecule has 1 aromatic heterocycles. The molecule has 3 nitrogen and oxygen atoms in total. The molecule has 0 amide bonds. The first-order chi connectivity index (χ1) is 10.8. The summed E-state index contributed by atoms with van der Waals surface area (Å²) in [5.41, 5.74) is 2.00. The second kappa shape index (κ2) is 7.23. The third-order valence-electron chi connectivity index (χ3n) is 3.16. The summed E-state index contributed by atoms with van der Waals surface area (Å²) in [5.74, 6) is 7.21. The molecule has 0 aliphatic heterocycles. The monoisotopic (exact) mass is 399 g/mol. The number of nitrogens with zero attached hydrogens (tertiary/aromatic N) is 2. The van der Waals surface area contributed by atoms with Gasteiger partial charge in [0.1, 0.15) is 12.1 Å².